The summed E-state index contributed by atoms with van der Waals surface area (Å²) in [5.74, 6) is 0.935. The fourth-order valence-corrected chi connectivity index (χ4v) is 8.54. The highest BCUT2D eigenvalue weighted by atomic mass is 35.5. The normalized spacial score (nSPS) is 14.2. The quantitative estimate of drug-likeness (QED) is 0.115. The molecule has 3 aromatic carbocycles. The van der Waals surface area contributed by atoms with Crippen LogP contribution in [0.15, 0.2) is 77.7 Å². The first-order chi connectivity index (χ1) is 24.2. The first-order valence-corrected chi connectivity index (χ1v) is 27.8. The summed E-state index contributed by atoms with van der Waals surface area (Å²) in [6.45, 7) is 26.4. The Labute approximate surface area is 344 Å². The average molecular weight is 842 g/mol. The number of nitrogens with zero attached hydrogens (tertiary/aromatic N) is 1. The predicted octanol–water partition coefficient (Wildman–Crippen LogP) is 12.2. The highest BCUT2D eigenvalue weighted by Crippen LogP contribution is 2.25. The van der Waals surface area contributed by atoms with E-state index in [4.69, 9.17) is 32.1 Å². The monoisotopic (exact) mass is 840 g/mol. The molecule has 6 nitrogen and oxygen atoms in total. The molecule has 11 heteroatoms. The average Bonchev–Trinajstić information content (AvgIpc) is 3.08. The van der Waals surface area contributed by atoms with Gasteiger partial charge < -0.3 is 14.2 Å². The van der Waals surface area contributed by atoms with Gasteiger partial charge in [-0.25, -0.2) is 8.42 Å². The van der Waals surface area contributed by atoms with E-state index in [1.165, 1.54) is 12.0 Å². The Morgan fingerprint density at radius 3 is 1.57 bits per heavy atom. The van der Waals surface area contributed by atoms with Gasteiger partial charge in [0, 0.05) is 29.2 Å². The van der Waals surface area contributed by atoms with Crippen molar-refractivity contribution in [2.45, 2.75) is 131 Å². The van der Waals surface area contributed by atoms with Crippen LogP contribution in [0, 0.1) is 18.8 Å². The maximum atomic E-state index is 13.8. The van der Waals surface area contributed by atoms with Gasteiger partial charge in [0.05, 0.1) is 17.5 Å². The SMILES string of the molecule is C.C.CC[C@@H](C)CN(C(CO[Si](C)(C)C)Cc1ccc(Cl)cc1)S(=O)(=O)c1ccc(C)cc1.CC[C@@H](C)CNC(CO[Si](C)(C)C)Cc1ccc(Cl)cc1. The van der Waals surface area contributed by atoms with E-state index in [-0.39, 0.29) is 26.8 Å². The molecule has 0 amide bonds. The smallest absolute Gasteiger partial charge is 0.243 e. The minimum absolute atomic E-state index is 0. The molecule has 0 fully saturated rings. The zero-order chi connectivity index (χ0) is 39.1. The maximum absolute atomic E-state index is 13.8. The van der Waals surface area contributed by atoms with Gasteiger partial charge in [-0.2, -0.15) is 4.31 Å². The topological polar surface area (TPSA) is 67.9 Å². The summed E-state index contributed by atoms with van der Waals surface area (Å²) in [5, 5.41) is 5.13. The molecule has 3 aromatic rings. The van der Waals surface area contributed by atoms with Crippen molar-refractivity contribution < 1.29 is 17.3 Å². The lowest BCUT2D eigenvalue weighted by atomic mass is 10.0. The fraction of sp³-hybridized carbons (Fsp3) is 0.581. The lowest BCUT2D eigenvalue weighted by Gasteiger charge is -2.34. The molecule has 4 atom stereocenters. The molecule has 0 heterocycles. The van der Waals surface area contributed by atoms with E-state index in [9.17, 15) is 8.42 Å². The molecular formula is C43H74Cl2N2O4SSi2. The van der Waals surface area contributed by atoms with Gasteiger partial charge in [0.25, 0.3) is 0 Å². The first-order valence-electron chi connectivity index (χ1n) is 18.8. The van der Waals surface area contributed by atoms with Crippen molar-refractivity contribution in [3.63, 3.8) is 0 Å². The van der Waals surface area contributed by atoms with Gasteiger partial charge in [-0.1, -0.05) is 121 Å². The molecule has 0 aliphatic rings. The Morgan fingerprint density at radius 2 is 1.13 bits per heavy atom. The third-order valence-corrected chi connectivity index (χ3v) is 13.4. The van der Waals surface area contributed by atoms with Gasteiger partial charge >= 0.3 is 0 Å². The minimum Gasteiger partial charge on any atom is -0.416 e. The summed E-state index contributed by atoms with van der Waals surface area (Å²) in [6, 6.07) is 22.9. The molecule has 0 spiro atoms. The molecule has 0 bridgehead atoms. The van der Waals surface area contributed by atoms with E-state index in [0.29, 0.717) is 41.5 Å². The molecule has 0 radical (unpaired) electrons. The van der Waals surface area contributed by atoms with Crippen molar-refractivity contribution >= 4 is 49.9 Å². The van der Waals surface area contributed by atoms with E-state index in [2.05, 4.69) is 84.4 Å². The standard InChI is InChI=1S/C24H36ClNO3SSi.C17H30ClNOSi.2CH4/c1-7-19(2)17-26(30(27,28)24-14-8-20(3)9-15-24)23(18-29-31(4,5)6)16-21-10-12-22(25)13-11-21;1-6-14(2)12-19-17(13-20-21(3,4)5)11-15-7-9-16(18)10-8-15;;/h8-15,19,23H,7,16-18H2,1-6H3;7-10,14,17,19H,6,11-13H2,1-5H3;2*1H4/t19-,23?;14-,17?;;/m11../s1. The second kappa shape index (κ2) is 25.0. The Balaban J connectivity index is 0.00000107. The van der Waals surface area contributed by atoms with Crippen LogP contribution in [0.1, 0.15) is 72.1 Å². The predicted molar refractivity (Wildman–Crippen MR) is 242 cm³/mol. The molecule has 1 N–H and O–H groups in total. The van der Waals surface area contributed by atoms with Crippen molar-refractivity contribution in [1.82, 2.24) is 9.62 Å². The summed E-state index contributed by atoms with van der Waals surface area (Å²) in [4.78, 5) is 0.329. The second-order valence-corrected chi connectivity index (χ2v) is 28.0. The summed E-state index contributed by atoms with van der Waals surface area (Å²) in [7, 11) is -6.98. The largest absolute Gasteiger partial charge is 0.416 e. The second-order valence-electron chi connectivity index (χ2n) is 16.2. The molecule has 54 heavy (non-hydrogen) atoms. The number of rotatable bonds is 20. The minimum atomic E-state index is -3.68. The molecule has 0 saturated heterocycles. The van der Waals surface area contributed by atoms with Crippen LogP contribution in [0.3, 0.4) is 0 Å². The number of hydrogen-bond acceptors (Lipinski definition) is 5. The van der Waals surface area contributed by atoms with E-state index >= 15 is 0 Å². The first kappa shape index (κ1) is 52.5. The Morgan fingerprint density at radius 1 is 0.685 bits per heavy atom. The number of halogens is 2. The molecular weight excluding hydrogens is 768 g/mol. The lowest BCUT2D eigenvalue weighted by Crippen LogP contribution is -2.47. The third kappa shape index (κ3) is 20.6. The number of hydrogen-bond donors (Lipinski definition) is 1. The Kier molecular flexibility index (Phi) is 24.2. The van der Waals surface area contributed by atoms with E-state index in [0.717, 1.165) is 42.1 Å². The van der Waals surface area contributed by atoms with E-state index < -0.39 is 26.7 Å². The van der Waals surface area contributed by atoms with Gasteiger partial charge in [0.2, 0.25) is 10.0 Å². The van der Waals surface area contributed by atoms with Crippen LogP contribution in [0.2, 0.25) is 49.3 Å². The van der Waals surface area contributed by atoms with Crippen LogP contribution in [-0.2, 0) is 31.7 Å². The van der Waals surface area contributed by atoms with Gasteiger partial charge in [-0.15, -0.1) is 0 Å². The summed E-state index contributed by atoms with van der Waals surface area (Å²) in [6.07, 6.45) is 3.67. The highest BCUT2D eigenvalue weighted by Gasteiger charge is 2.34. The summed E-state index contributed by atoms with van der Waals surface area (Å²) < 4.78 is 41.5. The summed E-state index contributed by atoms with van der Waals surface area (Å²) in [5.41, 5.74) is 3.38. The highest BCUT2D eigenvalue weighted by molar-refractivity contribution is 7.89. The van der Waals surface area contributed by atoms with Crippen molar-refractivity contribution in [1.29, 1.82) is 0 Å². The Hall–Kier alpha value is -1.54. The van der Waals surface area contributed by atoms with Crippen molar-refractivity contribution in [3.05, 3.63) is 99.5 Å². The van der Waals surface area contributed by atoms with E-state index in [1.807, 2.05) is 55.5 Å². The molecule has 2 unspecified atom stereocenters. The number of nitrogens with one attached hydrogen (secondary N) is 1. The van der Waals surface area contributed by atoms with Crippen LogP contribution >= 0.6 is 23.2 Å². The number of benzene rings is 3. The fourth-order valence-electron chi connectivity index (χ4n) is 5.17. The zero-order valence-corrected chi connectivity index (χ0v) is 38.0. The van der Waals surface area contributed by atoms with Gasteiger partial charge in [0.1, 0.15) is 0 Å². The van der Waals surface area contributed by atoms with Crippen molar-refractivity contribution in [2.75, 3.05) is 26.3 Å². The van der Waals surface area contributed by atoms with Crippen molar-refractivity contribution in [2.24, 2.45) is 11.8 Å². The van der Waals surface area contributed by atoms with Crippen LogP contribution in [0.4, 0.5) is 0 Å². The molecule has 3 rings (SSSR count). The third-order valence-electron chi connectivity index (χ3n) is 8.88. The van der Waals surface area contributed by atoms with Crippen molar-refractivity contribution in [3.8, 4) is 0 Å². The molecule has 0 aromatic heterocycles. The number of sulfonamides is 1. The van der Waals surface area contributed by atoms with E-state index in [1.54, 1.807) is 16.4 Å². The van der Waals surface area contributed by atoms with Gasteiger partial charge in [-0.05, 0) is 125 Å². The van der Waals surface area contributed by atoms with Crippen LogP contribution in [-0.4, -0.2) is 67.7 Å². The molecule has 0 aliphatic carbocycles. The number of aryl methyl sites for hydroxylation is 1. The van der Waals surface area contributed by atoms with Gasteiger partial charge in [0.15, 0.2) is 16.6 Å². The van der Waals surface area contributed by atoms with Crippen LogP contribution in [0.5, 0.6) is 0 Å². The van der Waals surface area contributed by atoms with Crippen LogP contribution < -0.4 is 5.32 Å². The summed E-state index contributed by atoms with van der Waals surface area (Å²) >= 11 is 12.0. The lowest BCUT2D eigenvalue weighted by molar-refractivity contribution is 0.184. The molecule has 0 aliphatic heterocycles. The molecule has 308 valence electrons. The van der Waals surface area contributed by atoms with Crippen LogP contribution in [0.25, 0.3) is 0 Å². The Bertz CT molecular complexity index is 1550. The maximum Gasteiger partial charge on any atom is 0.243 e. The zero-order valence-electron chi connectivity index (χ0n) is 33.6. The molecule has 0 saturated carbocycles. The van der Waals surface area contributed by atoms with Gasteiger partial charge in [-0.3, -0.25) is 0 Å².